The van der Waals surface area contributed by atoms with Crippen molar-refractivity contribution in [2.75, 3.05) is 11.9 Å². The minimum atomic E-state index is -0.154. The first-order valence-corrected chi connectivity index (χ1v) is 10.5. The average Bonchev–Trinajstić information content (AvgIpc) is 3.20. The van der Waals surface area contributed by atoms with Crippen LogP contribution >= 0.6 is 0 Å². The van der Waals surface area contributed by atoms with Crippen molar-refractivity contribution in [1.29, 1.82) is 0 Å². The monoisotopic (exact) mass is 409 g/mol. The van der Waals surface area contributed by atoms with Gasteiger partial charge < -0.3 is 10.1 Å². The number of hydrogen-bond acceptors (Lipinski definition) is 3. The van der Waals surface area contributed by atoms with E-state index in [0.29, 0.717) is 13.0 Å². The summed E-state index contributed by atoms with van der Waals surface area (Å²) in [6, 6.07) is 28.0. The molecule has 4 aromatic rings. The fraction of sp³-hybridized carbons (Fsp3) is 0.154. The van der Waals surface area contributed by atoms with Crippen molar-refractivity contribution in [2.24, 2.45) is 0 Å². The Kier molecular flexibility index (Phi) is 5.00. The van der Waals surface area contributed by atoms with Crippen molar-refractivity contribution in [3.05, 3.63) is 96.1 Å². The van der Waals surface area contributed by atoms with E-state index in [0.717, 1.165) is 39.6 Å². The third kappa shape index (κ3) is 3.48. The van der Waals surface area contributed by atoms with Gasteiger partial charge in [0.2, 0.25) is 5.91 Å². The number of nitrogens with zero attached hydrogens (tertiary/aromatic N) is 2. The molecule has 0 saturated heterocycles. The molecule has 3 aromatic carbocycles. The Morgan fingerprint density at radius 3 is 2.39 bits per heavy atom. The number of carbonyl (C=O) groups excluding carboxylic acids is 1. The number of rotatable bonds is 5. The van der Waals surface area contributed by atoms with Crippen LogP contribution in [0.3, 0.4) is 0 Å². The van der Waals surface area contributed by atoms with Crippen molar-refractivity contribution in [3.63, 3.8) is 0 Å². The van der Waals surface area contributed by atoms with Crippen molar-refractivity contribution in [3.8, 4) is 22.7 Å². The standard InChI is InChI=1S/C26H23N3O2/c1-2-31-22-16-10-9-15-20(22)21-17-23(30)27-26-24(21)25(18-11-5-3-6-12-18)28-29(26)19-13-7-4-8-14-19/h3-16,21H,2,17H2,1H3,(H,27,30)/t21-/m0/s1. The van der Waals surface area contributed by atoms with Crippen LogP contribution < -0.4 is 10.1 Å². The van der Waals surface area contributed by atoms with Gasteiger partial charge in [-0.2, -0.15) is 5.10 Å². The summed E-state index contributed by atoms with van der Waals surface area (Å²) < 4.78 is 7.76. The zero-order valence-electron chi connectivity index (χ0n) is 17.3. The van der Waals surface area contributed by atoms with Gasteiger partial charge in [0.25, 0.3) is 0 Å². The maximum atomic E-state index is 12.8. The third-order valence-electron chi connectivity index (χ3n) is 5.56. The minimum Gasteiger partial charge on any atom is -0.494 e. The number of aromatic nitrogens is 2. The second-order valence-corrected chi connectivity index (χ2v) is 7.50. The first-order chi connectivity index (χ1) is 15.3. The molecule has 5 heteroatoms. The van der Waals surface area contributed by atoms with Gasteiger partial charge in [-0.1, -0.05) is 66.7 Å². The van der Waals surface area contributed by atoms with E-state index in [9.17, 15) is 4.79 Å². The number of ether oxygens (including phenoxy) is 1. The van der Waals surface area contributed by atoms with Crippen molar-refractivity contribution in [2.45, 2.75) is 19.3 Å². The summed E-state index contributed by atoms with van der Waals surface area (Å²) in [6.45, 7) is 2.54. The van der Waals surface area contributed by atoms with Crippen LogP contribution in [0.15, 0.2) is 84.9 Å². The molecule has 31 heavy (non-hydrogen) atoms. The number of benzene rings is 3. The molecule has 154 valence electrons. The molecule has 1 N–H and O–H groups in total. The molecule has 5 rings (SSSR count). The highest BCUT2D eigenvalue weighted by Gasteiger charge is 2.35. The number of fused-ring (bicyclic) bond motifs is 1. The SMILES string of the molecule is CCOc1ccccc1[C@@H]1CC(=O)Nc2c1c(-c1ccccc1)nn2-c1ccccc1. The Morgan fingerprint density at radius 1 is 0.968 bits per heavy atom. The van der Waals surface area contributed by atoms with Crippen LogP contribution in [-0.2, 0) is 4.79 Å². The number of carbonyl (C=O) groups is 1. The molecule has 0 unspecified atom stereocenters. The molecular weight excluding hydrogens is 386 g/mol. The zero-order valence-corrected chi connectivity index (χ0v) is 17.3. The highest BCUT2D eigenvalue weighted by molar-refractivity contribution is 5.96. The Balaban J connectivity index is 1.77. The molecule has 0 radical (unpaired) electrons. The maximum Gasteiger partial charge on any atom is 0.226 e. The van der Waals surface area contributed by atoms with E-state index in [1.807, 2.05) is 84.4 Å². The molecule has 0 aliphatic carbocycles. The third-order valence-corrected chi connectivity index (χ3v) is 5.56. The summed E-state index contributed by atoms with van der Waals surface area (Å²) in [6.07, 6.45) is 0.345. The lowest BCUT2D eigenvalue weighted by molar-refractivity contribution is -0.116. The second kappa shape index (κ2) is 8.11. The molecule has 2 heterocycles. The van der Waals surface area contributed by atoms with E-state index in [2.05, 4.69) is 17.4 Å². The fourth-order valence-electron chi connectivity index (χ4n) is 4.24. The molecule has 1 atom stereocenters. The topological polar surface area (TPSA) is 56.1 Å². The Morgan fingerprint density at radius 2 is 1.65 bits per heavy atom. The minimum absolute atomic E-state index is 0.0273. The predicted molar refractivity (Wildman–Crippen MR) is 122 cm³/mol. The number of anilines is 1. The van der Waals surface area contributed by atoms with E-state index >= 15 is 0 Å². The quantitative estimate of drug-likeness (QED) is 0.479. The first-order valence-electron chi connectivity index (χ1n) is 10.5. The Labute approximate surface area is 181 Å². The van der Waals surface area contributed by atoms with Crippen molar-refractivity contribution < 1.29 is 9.53 Å². The van der Waals surface area contributed by atoms with Gasteiger partial charge in [-0.05, 0) is 25.1 Å². The summed E-state index contributed by atoms with van der Waals surface area (Å²) in [5.41, 5.74) is 4.81. The normalized spacial score (nSPS) is 15.3. The zero-order chi connectivity index (χ0) is 21.2. The molecule has 1 aliphatic heterocycles. The smallest absolute Gasteiger partial charge is 0.226 e. The number of hydrogen-bond donors (Lipinski definition) is 1. The molecular formula is C26H23N3O2. The van der Waals surface area contributed by atoms with Gasteiger partial charge in [-0.15, -0.1) is 0 Å². The highest BCUT2D eigenvalue weighted by atomic mass is 16.5. The first kappa shape index (κ1) is 19.1. The second-order valence-electron chi connectivity index (χ2n) is 7.50. The molecule has 0 fully saturated rings. The Bertz CT molecular complexity index is 1220. The van der Waals surface area contributed by atoms with Crippen LogP contribution in [0.1, 0.15) is 30.4 Å². The van der Waals surface area contributed by atoms with Crippen LogP contribution in [0.5, 0.6) is 5.75 Å². The Hall–Kier alpha value is -3.86. The number of para-hydroxylation sites is 2. The lowest BCUT2D eigenvalue weighted by Gasteiger charge is -2.26. The van der Waals surface area contributed by atoms with Crippen LogP contribution in [0, 0.1) is 0 Å². The summed E-state index contributed by atoms with van der Waals surface area (Å²) in [4.78, 5) is 12.8. The van der Waals surface area contributed by atoms with Gasteiger partial charge in [0.15, 0.2) is 0 Å². The summed E-state index contributed by atoms with van der Waals surface area (Å²) >= 11 is 0. The molecule has 0 spiro atoms. The van der Waals surface area contributed by atoms with Gasteiger partial charge >= 0.3 is 0 Å². The van der Waals surface area contributed by atoms with Gasteiger partial charge in [0.1, 0.15) is 11.6 Å². The molecule has 1 aliphatic rings. The maximum absolute atomic E-state index is 12.8. The highest BCUT2D eigenvalue weighted by Crippen LogP contribution is 2.46. The largest absolute Gasteiger partial charge is 0.494 e. The van der Waals surface area contributed by atoms with Gasteiger partial charge in [0, 0.05) is 29.0 Å². The van der Waals surface area contributed by atoms with Crippen molar-refractivity contribution in [1.82, 2.24) is 9.78 Å². The van der Waals surface area contributed by atoms with E-state index in [1.165, 1.54) is 0 Å². The van der Waals surface area contributed by atoms with Gasteiger partial charge in [-0.25, -0.2) is 4.68 Å². The molecule has 1 amide bonds. The number of amides is 1. The van der Waals surface area contributed by atoms with E-state index in [1.54, 1.807) is 0 Å². The predicted octanol–water partition coefficient (Wildman–Crippen LogP) is 5.41. The molecule has 1 aromatic heterocycles. The summed E-state index contributed by atoms with van der Waals surface area (Å²) in [5.74, 6) is 1.35. The van der Waals surface area contributed by atoms with Crippen LogP contribution in [-0.4, -0.2) is 22.3 Å². The van der Waals surface area contributed by atoms with Crippen LogP contribution in [0.2, 0.25) is 0 Å². The van der Waals surface area contributed by atoms with Crippen LogP contribution in [0.4, 0.5) is 5.82 Å². The van der Waals surface area contributed by atoms with E-state index in [-0.39, 0.29) is 11.8 Å². The lowest BCUT2D eigenvalue weighted by Crippen LogP contribution is -2.25. The fourth-order valence-corrected chi connectivity index (χ4v) is 4.24. The van der Waals surface area contributed by atoms with Gasteiger partial charge in [0.05, 0.1) is 18.0 Å². The molecule has 0 bridgehead atoms. The summed E-state index contributed by atoms with van der Waals surface area (Å²) in [5, 5.41) is 8.07. The van der Waals surface area contributed by atoms with E-state index in [4.69, 9.17) is 9.84 Å². The molecule has 0 saturated carbocycles. The van der Waals surface area contributed by atoms with Gasteiger partial charge in [-0.3, -0.25) is 4.79 Å². The lowest BCUT2D eigenvalue weighted by atomic mass is 9.84. The number of nitrogens with one attached hydrogen (secondary N) is 1. The van der Waals surface area contributed by atoms with E-state index < -0.39 is 0 Å². The molecule has 5 nitrogen and oxygen atoms in total. The van der Waals surface area contributed by atoms with Crippen LogP contribution in [0.25, 0.3) is 16.9 Å². The van der Waals surface area contributed by atoms with Crippen molar-refractivity contribution >= 4 is 11.7 Å². The average molecular weight is 409 g/mol. The summed E-state index contributed by atoms with van der Waals surface area (Å²) in [7, 11) is 0.